The summed E-state index contributed by atoms with van der Waals surface area (Å²) >= 11 is 0. The molecule has 80 heavy (non-hydrogen) atoms. The van der Waals surface area contributed by atoms with Crippen molar-refractivity contribution in [2.75, 3.05) is 87.6 Å². The van der Waals surface area contributed by atoms with Gasteiger partial charge in [0.05, 0.1) is 0 Å². The van der Waals surface area contributed by atoms with Crippen LogP contribution in [0.4, 0.5) is 0 Å². The predicted octanol–water partition coefficient (Wildman–Crippen LogP) is 15.5. The highest BCUT2D eigenvalue weighted by Gasteiger charge is 2.36. The lowest BCUT2D eigenvalue weighted by Crippen LogP contribution is -2.55. The number of allylic oxidation sites excluding steroid dienone is 8. The average molecular weight is 1120 g/mol. The zero-order valence-electron chi connectivity index (χ0n) is 54.5. The van der Waals surface area contributed by atoms with Gasteiger partial charge in [-0.1, -0.05) is 193 Å². The molecule has 0 aromatic rings. The normalized spacial score (nSPS) is 13.7. The van der Waals surface area contributed by atoms with Gasteiger partial charge in [-0.2, -0.15) is 0 Å². The zero-order valence-corrected chi connectivity index (χ0v) is 54.5. The number of nitrogens with one attached hydrogen (secondary N) is 2. The highest BCUT2D eigenvalue weighted by Crippen LogP contribution is 2.26. The Morgan fingerprint density at radius 3 is 1.01 bits per heavy atom. The quantitative estimate of drug-likeness (QED) is 0.0461. The second-order valence-corrected chi connectivity index (χ2v) is 23.8. The van der Waals surface area contributed by atoms with Crippen LogP contribution >= 0.6 is 0 Å². The Labute approximate surface area is 495 Å². The van der Waals surface area contributed by atoms with Crippen LogP contribution in [-0.4, -0.2) is 148 Å². The topological polar surface area (TPSA) is 109 Å². The van der Waals surface area contributed by atoms with Crippen molar-refractivity contribution >= 4 is 23.6 Å². The molecule has 0 bridgehead atoms. The van der Waals surface area contributed by atoms with Crippen LogP contribution in [0.3, 0.4) is 0 Å². The van der Waals surface area contributed by atoms with E-state index in [0.29, 0.717) is 52.1 Å². The third-order valence-corrected chi connectivity index (χ3v) is 15.9. The molecule has 11 heteroatoms. The minimum Gasteiger partial charge on any atom is -0.353 e. The summed E-state index contributed by atoms with van der Waals surface area (Å²) in [6, 6.07) is -1.00. The second-order valence-electron chi connectivity index (χ2n) is 23.8. The second kappa shape index (κ2) is 54.9. The Morgan fingerprint density at radius 1 is 0.362 bits per heavy atom. The predicted molar refractivity (Wildman–Crippen MR) is 346 cm³/mol. The van der Waals surface area contributed by atoms with Crippen LogP contribution in [0, 0.1) is 11.8 Å². The van der Waals surface area contributed by atoms with Gasteiger partial charge >= 0.3 is 0 Å². The van der Waals surface area contributed by atoms with E-state index in [1.807, 2.05) is 16.8 Å². The molecule has 0 aromatic heterocycles. The van der Waals surface area contributed by atoms with Crippen molar-refractivity contribution in [1.82, 2.24) is 35.1 Å². The number of hydrogen-bond donors (Lipinski definition) is 2. The zero-order chi connectivity index (χ0) is 59.3. The summed E-state index contributed by atoms with van der Waals surface area (Å²) in [7, 11) is 10.3. The first-order valence-electron chi connectivity index (χ1n) is 33.5. The molecule has 0 saturated heterocycles. The van der Waals surface area contributed by atoms with Gasteiger partial charge in [0.15, 0.2) is 0 Å². The molecule has 4 atom stereocenters. The maximum Gasteiger partial charge on any atom is 0.243 e. The molecule has 2 N–H and O–H groups in total. The van der Waals surface area contributed by atoms with Crippen LogP contribution in [0.25, 0.3) is 0 Å². The highest BCUT2D eigenvalue weighted by molar-refractivity contribution is 5.88. The summed E-state index contributed by atoms with van der Waals surface area (Å²) in [5, 5.41) is 6.58. The van der Waals surface area contributed by atoms with Crippen molar-refractivity contribution in [3.63, 3.8) is 0 Å². The molecule has 0 aliphatic rings. The minimum absolute atomic E-state index is 0.0488. The van der Waals surface area contributed by atoms with Gasteiger partial charge in [0.1, 0.15) is 12.1 Å². The molecular formula is C69H131N7O4. The molecule has 0 aliphatic heterocycles. The van der Waals surface area contributed by atoms with Gasteiger partial charge in [-0.3, -0.25) is 19.2 Å². The number of amides is 4. The summed E-state index contributed by atoms with van der Waals surface area (Å²) in [6.07, 6.45) is 53.8. The van der Waals surface area contributed by atoms with Crippen molar-refractivity contribution in [2.45, 2.75) is 272 Å². The summed E-state index contributed by atoms with van der Waals surface area (Å²) < 4.78 is 0. The van der Waals surface area contributed by atoms with Crippen molar-refractivity contribution in [1.29, 1.82) is 0 Å². The van der Waals surface area contributed by atoms with Crippen LogP contribution < -0.4 is 10.6 Å². The van der Waals surface area contributed by atoms with Crippen LogP contribution in [0.1, 0.15) is 260 Å². The van der Waals surface area contributed by atoms with Gasteiger partial charge in [0.2, 0.25) is 23.6 Å². The first-order valence-corrected chi connectivity index (χ1v) is 33.5. The highest BCUT2D eigenvalue weighted by atomic mass is 16.2. The molecule has 0 heterocycles. The van der Waals surface area contributed by atoms with E-state index in [9.17, 15) is 19.2 Å². The lowest BCUT2D eigenvalue weighted by molar-refractivity contribution is -0.143. The number of unbranched alkanes of at least 4 members (excludes halogenated alkanes) is 18. The van der Waals surface area contributed by atoms with E-state index in [2.05, 4.69) is 144 Å². The Bertz CT molecular complexity index is 1480. The lowest BCUT2D eigenvalue weighted by Gasteiger charge is -2.37. The first-order chi connectivity index (χ1) is 38.8. The molecule has 0 spiro atoms. The number of carbonyl (C=O) groups is 4. The van der Waals surface area contributed by atoms with E-state index < -0.39 is 12.1 Å². The van der Waals surface area contributed by atoms with Gasteiger partial charge in [-0.15, -0.1) is 0 Å². The minimum atomic E-state index is -0.501. The van der Waals surface area contributed by atoms with Gasteiger partial charge in [-0.05, 0) is 163 Å². The van der Waals surface area contributed by atoms with Crippen molar-refractivity contribution in [3.05, 3.63) is 48.6 Å². The summed E-state index contributed by atoms with van der Waals surface area (Å²) in [5.41, 5.74) is 0. The Hall–Kier alpha value is -3.28. The fourth-order valence-electron chi connectivity index (χ4n) is 10.8. The molecule has 0 radical (unpaired) electrons. The van der Waals surface area contributed by atoms with E-state index >= 15 is 0 Å². The number of rotatable bonds is 56. The first kappa shape index (κ1) is 76.7. The summed E-state index contributed by atoms with van der Waals surface area (Å²) in [4.78, 5) is 67.9. The van der Waals surface area contributed by atoms with Crippen LogP contribution in [0.5, 0.6) is 0 Å². The van der Waals surface area contributed by atoms with Gasteiger partial charge in [0, 0.05) is 52.1 Å². The largest absolute Gasteiger partial charge is 0.353 e. The molecular weight excluding hydrogens is 991 g/mol. The maximum atomic E-state index is 14.5. The molecule has 0 aromatic carbocycles. The maximum absolute atomic E-state index is 14.5. The van der Waals surface area contributed by atoms with Crippen LogP contribution in [0.15, 0.2) is 48.6 Å². The lowest BCUT2D eigenvalue weighted by atomic mass is 9.89. The van der Waals surface area contributed by atoms with E-state index in [-0.39, 0.29) is 35.5 Å². The SMILES string of the molecule is CCCCC/C=C\C/C=C\CCCCCCCC(=O)N(CCCN(C)C)C(C(=O)NCCN(C)CCNC(=O)C(C(CC)CCCC)N(CCCN(C)C)C(=O)CCCCCCC/C=C\C/C=C\CCCCC)C(CC)CCCC. The average Bonchev–Trinajstić information content (AvgIpc) is 3.44. The van der Waals surface area contributed by atoms with Gasteiger partial charge in [-0.25, -0.2) is 0 Å². The molecule has 0 fully saturated rings. The van der Waals surface area contributed by atoms with Crippen LogP contribution in [0.2, 0.25) is 0 Å². The number of hydrogen-bond acceptors (Lipinski definition) is 7. The van der Waals surface area contributed by atoms with E-state index in [1.54, 1.807) is 0 Å². The molecule has 0 aliphatic carbocycles. The molecule has 0 saturated carbocycles. The standard InChI is InChI=1S/C69H131N7O4/c1-12-18-22-24-26-28-30-32-34-36-38-40-42-44-46-52-64(77)75(58-48-56-72(7)8)66(62(16-5)50-20-14-3)68(79)70-54-60-74(11)61-55-71-69(80)67(63(17-6)51-21-15-4)76(59-49-57-73(9)10)65(78)53-47-45-43-41-39-37-35-33-31-29-27-25-23-19-13-2/h26-29,32-35,62-63,66-67H,12-25,30-31,36-61H2,1-11H3,(H,70,79)(H,71,80)/b28-26-,29-27-,34-32-,35-33-. The third kappa shape index (κ3) is 41.7. The molecule has 466 valence electrons. The number of carbonyl (C=O) groups excluding carboxylic acids is 4. The smallest absolute Gasteiger partial charge is 0.243 e. The van der Waals surface area contributed by atoms with Crippen molar-refractivity contribution in [3.8, 4) is 0 Å². The third-order valence-electron chi connectivity index (χ3n) is 15.9. The fourth-order valence-corrected chi connectivity index (χ4v) is 10.8. The van der Waals surface area contributed by atoms with E-state index in [1.165, 1.54) is 77.0 Å². The van der Waals surface area contributed by atoms with E-state index in [4.69, 9.17) is 0 Å². The van der Waals surface area contributed by atoms with Gasteiger partial charge in [0.25, 0.3) is 0 Å². The van der Waals surface area contributed by atoms with Crippen LogP contribution in [-0.2, 0) is 19.2 Å². The Morgan fingerprint density at radius 2 is 0.688 bits per heavy atom. The summed E-state index contributed by atoms with van der Waals surface area (Å²) in [6.45, 7) is 18.2. The fraction of sp³-hybridized carbons (Fsp3) is 0.826. The number of nitrogens with zero attached hydrogens (tertiary/aromatic N) is 5. The number of likely N-dealkylation sites (N-methyl/N-ethyl adjacent to an activating group) is 1. The Balaban J connectivity index is 5.71. The monoisotopic (exact) mass is 1120 g/mol. The summed E-state index contributed by atoms with van der Waals surface area (Å²) in [5.74, 6) is 0.287. The van der Waals surface area contributed by atoms with Crippen molar-refractivity contribution < 1.29 is 19.2 Å². The Kier molecular flexibility index (Phi) is 52.7. The molecule has 11 nitrogen and oxygen atoms in total. The van der Waals surface area contributed by atoms with Crippen molar-refractivity contribution in [2.24, 2.45) is 11.8 Å². The van der Waals surface area contributed by atoms with E-state index in [0.717, 1.165) is 142 Å². The molecule has 0 rings (SSSR count). The van der Waals surface area contributed by atoms with Gasteiger partial charge < -0.3 is 35.1 Å². The molecule has 4 amide bonds. The molecule has 4 unspecified atom stereocenters.